The Morgan fingerprint density at radius 1 is 1.39 bits per heavy atom. The first-order valence-corrected chi connectivity index (χ1v) is 6.08. The molecule has 0 radical (unpaired) electrons. The Bertz CT molecular complexity index is 606. The molecule has 0 spiro atoms. The molecule has 1 heterocycles. The summed E-state index contributed by atoms with van der Waals surface area (Å²) < 4.78 is 13.6. The fourth-order valence-corrected chi connectivity index (χ4v) is 2.34. The van der Waals surface area contributed by atoms with Gasteiger partial charge in [-0.15, -0.1) is 0 Å². The molecule has 1 N–H and O–H groups in total. The molecule has 2 rings (SSSR count). The largest absolute Gasteiger partial charge is 0.478 e. The van der Waals surface area contributed by atoms with E-state index >= 15 is 0 Å². The fraction of sp³-hybridized carbons (Fsp3) is 0. The highest BCUT2D eigenvalue weighted by Gasteiger charge is 2.13. The Kier molecular flexibility index (Phi) is 3.84. The van der Waals surface area contributed by atoms with Crippen molar-refractivity contribution in [2.75, 3.05) is 0 Å². The molecule has 0 saturated heterocycles. The van der Waals surface area contributed by atoms with Gasteiger partial charge in [-0.3, -0.25) is 0 Å². The molecule has 0 amide bonds. The molecule has 0 saturated carbocycles. The lowest BCUT2D eigenvalue weighted by Gasteiger charge is -2.05. The van der Waals surface area contributed by atoms with Gasteiger partial charge in [0.2, 0.25) is 0 Å². The number of aromatic nitrogens is 1. The van der Waals surface area contributed by atoms with Gasteiger partial charge in [-0.1, -0.05) is 35.5 Å². The summed E-state index contributed by atoms with van der Waals surface area (Å²) in [6.07, 6.45) is 1.32. The molecule has 3 nitrogen and oxygen atoms in total. The van der Waals surface area contributed by atoms with Crippen molar-refractivity contribution in [3.05, 3.63) is 52.9 Å². The molecule has 0 aliphatic heterocycles. The third kappa shape index (κ3) is 2.80. The molecular weight excluding hydrogens is 277 g/mol. The maximum absolute atomic E-state index is 13.6. The quantitative estimate of drug-likeness (QED) is 0.932. The number of hydrogen-bond donors (Lipinski definition) is 1. The zero-order chi connectivity index (χ0) is 13.1. The van der Waals surface area contributed by atoms with E-state index in [2.05, 4.69) is 4.98 Å². The van der Waals surface area contributed by atoms with Crippen LogP contribution in [0.4, 0.5) is 4.39 Å². The van der Waals surface area contributed by atoms with Gasteiger partial charge >= 0.3 is 5.97 Å². The normalized spacial score (nSPS) is 10.3. The monoisotopic (exact) mass is 283 g/mol. The van der Waals surface area contributed by atoms with E-state index in [1.165, 1.54) is 12.3 Å². The third-order valence-electron chi connectivity index (χ3n) is 2.10. The maximum atomic E-state index is 13.6. The van der Waals surface area contributed by atoms with Crippen LogP contribution in [0.15, 0.2) is 46.5 Å². The van der Waals surface area contributed by atoms with Crippen LogP contribution in [-0.2, 0) is 0 Å². The topological polar surface area (TPSA) is 50.2 Å². The first kappa shape index (κ1) is 12.9. The summed E-state index contributed by atoms with van der Waals surface area (Å²) in [5, 5.41) is 9.30. The average molecular weight is 284 g/mol. The summed E-state index contributed by atoms with van der Waals surface area (Å²) in [5.74, 6) is -1.64. The van der Waals surface area contributed by atoms with Gasteiger partial charge in [-0.2, -0.15) is 0 Å². The van der Waals surface area contributed by atoms with Crippen LogP contribution in [0.1, 0.15) is 10.4 Å². The minimum absolute atomic E-state index is 0.0908. The van der Waals surface area contributed by atoms with Crippen LogP contribution in [0.5, 0.6) is 0 Å². The van der Waals surface area contributed by atoms with Gasteiger partial charge in [0.05, 0.1) is 10.6 Å². The number of carboxylic acid groups (broad SMARTS) is 1. The van der Waals surface area contributed by atoms with Crippen LogP contribution in [0.25, 0.3) is 0 Å². The van der Waals surface area contributed by atoms with Crippen molar-refractivity contribution in [2.24, 2.45) is 0 Å². The first-order valence-electron chi connectivity index (χ1n) is 4.89. The second-order valence-electron chi connectivity index (χ2n) is 3.34. The number of nitrogens with zero attached hydrogens (tertiary/aromatic N) is 1. The van der Waals surface area contributed by atoms with E-state index in [1.807, 2.05) is 0 Å². The minimum atomic E-state index is -1.06. The lowest BCUT2D eigenvalue weighted by Crippen LogP contribution is -1.98. The standard InChI is InChI=1S/C12H7ClFNO2S/c13-7-5-9(14)11(15-6-7)18-10-4-2-1-3-8(10)12(16)17/h1-6H,(H,16,17). The lowest BCUT2D eigenvalue weighted by atomic mass is 10.2. The van der Waals surface area contributed by atoms with Gasteiger partial charge < -0.3 is 5.11 Å². The molecule has 0 aliphatic carbocycles. The van der Waals surface area contributed by atoms with Crippen LogP contribution in [0, 0.1) is 5.82 Å². The summed E-state index contributed by atoms with van der Waals surface area (Å²) in [4.78, 5) is 15.3. The molecule has 18 heavy (non-hydrogen) atoms. The average Bonchev–Trinajstić information content (AvgIpc) is 2.33. The highest BCUT2D eigenvalue weighted by atomic mass is 35.5. The first-order chi connectivity index (χ1) is 8.58. The predicted molar refractivity (Wildman–Crippen MR) is 66.7 cm³/mol. The van der Waals surface area contributed by atoms with Crippen molar-refractivity contribution in [3.8, 4) is 0 Å². The number of carbonyl (C=O) groups is 1. The number of pyridine rings is 1. The Balaban J connectivity index is 2.37. The van der Waals surface area contributed by atoms with Crippen molar-refractivity contribution >= 4 is 29.3 Å². The summed E-state index contributed by atoms with van der Waals surface area (Å²) in [5.41, 5.74) is 0.110. The molecule has 0 unspecified atom stereocenters. The van der Waals surface area contributed by atoms with Crippen molar-refractivity contribution in [2.45, 2.75) is 9.92 Å². The van der Waals surface area contributed by atoms with Crippen molar-refractivity contribution in [3.63, 3.8) is 0 Å². The second-order valence-corrected chi connectivity index (χ2v) is 4.81. The summed E-state index contributed by atoms with van der Waals surface area (Å²) in [6.45, 7) is 0. The lowest BCUT2D eigenvalue weighted by molar-refractivity contribution is 0.0693. The minimum Gasteiger partial charge on any atom is -0.478 e. The molecule has 0 bridgehead atoms. The predicted octanol–water partition coefficient (Wildman–Crippen LogP) is 3.72. The number of carboxylic acids is 1. The van der Waals surface area contributed by atoms with Crippen molar-refractivity contribution in [1.82, 2.24) is 4.98 Å². The number of halogens is 2. The van der Waals surface area contributed by atoms with E-state index in [9.17, 15) is 9.18 Å². The Morgan fingerprint density at radius 3 is 2.78 bits per heavy atom. The molecule has 2 aromatic rings. The smallest absolute Gasteiger partial charge is 0.336 e. The summed E-state index contributed by atoms with van der Waals surface area (Å²) in [6, 6.07) is 7.49. The van der Waals surface area contributed by atoms with Crippen LogP contribution >= 0.6 is 23.4 Å². The van der Waals surface area contributed by atoms with Crippen LogP contribution in [-0.4, -0.2) is 16.1 Å². The van der Waals surface area contributed by atoms with Gasteiger partial charge in [0.25, 0.3) is 0 Å². The molecule has 0 aliphatic rings. The highest BCUT2D eigenvalue weighted by Crippen LogP contribution is 2.31. The Hall–Kier alpha value is -1.59. The second kappa shape index (κ2) is 5.37. The highest BCUT2D eigenvalue weighted by molar-refractivity contribution is 7.99. The Morgan fingerprint density at radius 2 is 2.11 bits per heavy atom. The molecule has 1 aromatic carbocycles. The van der Waals surface area contributed by atoms with E-state index in [0.29, 0.717) is 4.90 Å². The fourth-order valence-electron chi connectivity index (χ4n) is 1.31. The number of aromatic carboxylic acids is 1. The molecule has 92 valence electrons. The van der Waals surface area contributed by atoms with Crippen LogP contribution in [0.2, 0.25) is 5.02 Å². The SMILES string of the molecule is O=C(O)c1ccccc1Sc1ncc(Cl)cc1F. The molecular formula is C12H7ClFNO2S. The van der Waals surface area contributed by atoms with Crippen molar-refractivity contribution in [1.29, 1.82) is 0 Å². The van der Waals surface area contributed by atoms with E-state index in [4.69, 9.17) is 16.7 Å². The van der Waals surface area contributed by atoms with Gasteiger partial charge in [-0.25, -0.2) is 14.2 Å². The van der Waals surface area contributed by atoms with Gasteiger partial charge in [0.1, 0.15) is 5.03 Å². The van der Waals surface area contributed by atoms with E-state index in [-0.39, 0.29) is 15.6 Å². The molecule has 0 fully saturated rings. The van der Waals surface area contributed by atoms with Gasteiger partial charge in [-0.05, 0) is 18.2 Å². The number of benzene rings is 1. The zero-order valence-electron chi connectivity index (χ0n) is 8.93. The summed E-state index contributed by atoms with van der Waals surface area (Å²) in [7, 11) is 0. The van der Waals surface area contributed by atoms with E-state index < -0.39 is 11.8 Å². The Labute approximate surface area is 112 Å². The third-order valence-corrected chi connectivity index (χ3v) is 3.37. The maximum Gasteiger partial charge on any atom is 0.336 e. The van der Waals surface area contributed by atoms with Crippen LogP contribution < -0.4 is 0 Å². The van der Waals surface area contributed by atoms with E-state index in [1.54, 1.807) is 18.2 Å². The van der Waals surface area contributed by atoms with Gasteiger partial charge in [0, 0.05) is 11.1 Å². The van der Waals surface area contributed by atoms with Crippen molar-refractivity contribution < 1.29 is 14.3 Å². The number of rotatable bonds is 3. The van der Waals surface area contributed by atoms with Crippen LogP contribution in [0.3, 0.4) is 0 Å². The van der Waals surface area contributed by atoms with E-state index in [0.717, 1.165) is 17.8 Å². The molecule has 1 aromatic heterocycles. The summed E-state index contributed by atoms with van der Waals surface area (Å²) >= 11 is 6.55. The van der Waals surface area contributed by atoms with Gasteiger partial charge in [0.15, 0.2) is 5.82 Å². The molecule has 6 heteroatoms. The number of hydrogen-bond acceptors (Lipinski definition) is 3. The zero-order valence-corrected chi connectivity index (χ0v) is 10.5. The molecule has 0 atom stereocenters.